The number of nitrogens with zero attached hydrogens (tertiary/aromatic N) is 4. The van der Waals surface area contributed by atoms with Gasteiger partial charge in [0, 0.05) is 59.3 Å². The molecular weight excluding hydrogens is 352 g/mol. The third-order valence-electron chi connectivity index (χ3n) is 5.58. The monoisotopic (exact) mass is 380 g/mol. The van der Waals surface area contributed by atoms with Gasteiger partial charge in [0.15, 0.2) is 0 Å². The van der Waals surface area contributed by atoms with Gasteiger partial charge in [-0.1, -0.05) is 0 Å². The van der Waals surface area contributed by atoms with E-state index in [1.54, 1.807) is 26.5 Å². The van der Waals surface area contributed by atoms with Gasteiger partial charge < -0.3 is 24.3 Å². The molecule has 0 spiro atoms. The molecule has 2 heterocycles. The van der Waals surface area contributed by atoms with Crippen molar-refractivity contribution in [2.75, 3.05) is 59.0 Å². The normalized spacial score (nSPS) is 25.3. The number of carbonyl (C=O) groups is 4. The van der Waals surface area contributed by atoms with Crippen LogP contribution < -0.4 is 0 Å². The van der Waals surface area contributed by atoms with Crippen molar-refractivity contribution in [3.63, 3.8) is 0 Å². The van der Waals surface area contributed by atoms with Gasteiger partial charge in [0.2, 0.25) is 17.7 Å². The van der Waals surface area contributed by atoms with Gasteiger partial charge in [0.25, 0.3) is 0 Å². The van der Waals surface area contributed by atoms with E-state index in [9.17, 15) is 19.2 Å². The van der Waals surface area contributed by atoms with Crippen molar-refractivity contribution in [1.82, 2.24) is 19.6 Å². The van der Waals surface area contributed by atoms with E-state index in [0.29, 0.717) is 65.4 Å². The minimum atomic E-state index is -0.339. The molecule has 9 heteroatoms. The largest absolute Gasteiger partial charge is 0.450 e. The zero-order valence-electron chi connectivity index (χ0n) is 16.1. The highest BCUT2D eigenvalue weighted by atomic mass is 16.6. The molecule has 2 atom stereocenters. The maximum atomic E-state index is 12.7. The van der Waals surface area contributed by atoms with Crippen LogP contribution in [0.15, 0.2) is 0 Å². The van der Waals surface area contributed by atoms with Gasteiger partial charge in [-0.05, 0) is 13.3 Å². The number of amides is 4. The standard InChI is InChI=1S/C18H28N4O5/c1-3-27-18(26)22-10-8-21(9-11-22)17(25)15-12-14(15)16(24)20-6-4-19(5-7-20)13(2)23/h14-15H,3-12H2,1-2H3. The zero-order valence-corrected chi connectivity index (χ0v) is 16.1. The van der Waals surface area contributed by atoms with E-state index in [0.717, 1.165) is 0 Å². The summed E-state index contributed by atoms with van der Waals surface area (Å²) in [4.78, 5) is 55.3. The van der Waals surface area contributed by atoms with Gasteiger partial charge in [-0.2, -0.15) is 0 Å². The van der Waals surface area contributed by atoms with E-state index in [2.05, 4.69) is 0 Å². The molecule has 0 aromatic carbocycles. The molecule has 27 heavy (non-hydrogen) atoms. The summed E-state index contributed by atoms with van der Waals surface area (Å²) in [7, 11) is 0. The Kier molecular flexibility index (Phi) is 5.86. The van der Waals surface area contributed by atoms with E-state index < -0.39 is 0 Å². The maximum absolute atomic E-state index is 12.7. The average Bonchev–Trinajstić information content (AvgIpc) is 3.48. The highest BCUT2D eigenvalue weighted by Gasteiger charge is 2.51. The van der Waals surface area contributed by atoms with Gasteiger partial charge in [-0.25, -0.2) is 4.79 Å². The molecule has 9 nitrogen and oxygen atoms in total. The number of carbonyl (C=O) groups excluding carboxylic acids is 4. The van der Waals surface area contributed by atoms with Crippen LogP contribution in [-0.4, -0.2) is 102 Å². The van der Waals surface area contributed by atoms with Gasteiger partial charge in [0.05, 0.1) is 18.4 Å². The molecule has 0 radical (unpaired) electrons. The maximum Gasteiger partial charge on any atom is 0.409 e. The highest BCUT2D eigenvalue weighted by molar-refractivity contribution is 5.92. The average molecular weight is 380 g/mol. The van der Waals surface area contributed by atoms with Gasteiger partial charge in [-0.3, -0.25) is 14.4 Å². The second-order valence-electron chi connectivity index (χ2n) is 7.29. The summed E-state index contributed by atoms with van der Waals surface area (Å²) < 4.78 is 4.98. The van der Waals surface area contributed by atoms with Crippen LogP contribution >= 0.6 is 0 Å². The van der Waals surface area contributed by atoms with Crippen LogP contribution in [-0.2, 0) is 19.1 Å². The third-order valence-corrected chi connectivity index (χ3v) is 5.58. The summed E-state index contributed by atoms with van der Waals surface area (Å²) in [6, 6.07) is 0. The lowest BCUT2D eigenvalue weighted by molar-refractivity contribution is -0.141. The Morgan fingerprint density at radius 2 is 1.15 bits per heavy atom. The number of piperazine rings is 2. The first-order valence-corrected chi connectivity index (χ1v) is 9.67. The molecule has 2 unspecified atom stereocenters. The Morgan fingerprint density at radius 3 is 1.56 bits per heavy atom. The van der Waals surface area contributed by atoms with Crippen LogP contribution in [0.1, 0.15) is 20.3 Å². The van der Waals surface area contributed by atoms with Crippen molar-refractivity contribution in [2.45, 2.75) is 20.3 Å². The fraction of sp³-hybridized carbons (Fsp3) is 0.778. The summed E-state index contributed by atoms with van der Waals surface area (Å²) in [5, 5.41) is 0. The molecule has 2 saturated heterocycles. The van der Waals surface area contributed by atoms with Crippen LogP contribution in [0.25, 0.3) is 0 Å². The SMILES string of the molecule is CCOC(=O)N1CCN(C(=O)C2CC2C(=O)N2CCN(C(C)=O)CC2)CC1. The summed E-state index contributed by atoms with van der Waals surface area (Å²) in [6.07, 6.45) is 0.261. The lowest BCUT2D eigenvalue weighted by Crippen LogP contribution is -2.52. The van der Waals surface area contributed by atoms with Crippen LogP contribution in [0.3, 0.4) is 0 Å². The fourth-order valence-corrected chi connectivity index (χ4v) is 3.78. The first-order valence-electron chi connectivity index (χ1n) is 9.67. The second kappa shape index (κ2) is 8.14. The summed E-state index contributed by atoms with van der Waals surface area (Å²) in [5.74, 6) is -0.397. The minimum absolute atomic E-state index is 0.0132. The number of rotatable bonds is 3. The van der Waals surface area contributed by atoms with Crippen molar-refractivity contribution in [1.29, 1.82) is 0 Å². The molecule has 3 aliphatic rings. The zero-order chi connectivity index (χ0) is 19.6. The Balaban J connectivity index is 1.44. The third kappa shape index (κ3) is 4.33. The fourth-order valence-electron chi connectivity index (χ4n) is 3.78. The number of ether oxygens (including phenoxy) is 1. The molecule has 3 rings (SSSR count). The first kappa shape index (κ1) is 19.4. The molecule has 2 aliphatic heterocycles. The molecule has 0 aromatic rings. The Hall–Kier alpha value is -2.32. The summed E-state index contributed by atoms with van der Waals surface area (Å²) >= 11 is 0. The predicted molar refractivity (Wildman–Crippen MR) is 95.6 cm³/mol. The lowest BCUT2D eigenvalue weighted by Gasteiger charge is -2.35. The van der Waals surface area contributed by atoms with Crippen molar-refractivity contribution in [2.24, 2.45) is 11.8 Å². The molecule has 4 amide bonds. The Morgan fingerprint density at radius 1 is 0.741 bits per heavy atom. The molecular formula is C18H28N4O5. The number of hydrogen-bond donors (Lipinski definition) is 0. The van der Waals surface area contributed by atoms with Crippen LogP contribution in [0.2, 0.25) is 0 Å². The van der Waals surface area contributed by atoms with Crippen molar-refractivity contribution in [3.8, 4) is 0 Å². The van der Waals surface area contributed by atoms with E-state index in [-0.39, 0.29) is 35.7 Å². The van der Waals surface area contributed by atoms with E-state index in [4.69, 9.17) is 4.74 Å². The number of hydrogen-bond acceptors (Lipinski definition) is 5. The van der Waals surface area contributed by atoms with Gasteiger partial charge in [-0.15, -0.1) is 0 Å². The lowest BCUT2D eigenvalue weighted by atomic mass is 10.2. The first-order chi connectivity index (χ1) is 12.9. The Bertz CT molecular complexity index is 609. The van der Waals surface area contributed by atoms with Crippen molar-refractivity contribution < 1.29 is 23.9 Å². The van der Waals surface area contributed by atoms with E-state index in [1.165, 1.54) is 6.92 Å². The Labute approximate surface area is 159 Å². The topological polar surface area (TPSA) is 90.5 Å². The van der Waals surface area contributed by atoms with Crippen molar-refractivity contribution >= 4 is 23.8 Å². The molecule has 0 bridgehead atoms. The van der Waals surface area contributed by atoms with Gasteiger partial charge >= 0.3 is 6.09 Å². The summed E-state index contributed by atoms with van der Waals surface area (Å²) in [5.41, 5.74) is 0. The molecule has 1 saturated carbocycles. The smallest absolute Gasteiger partial charge is 0.409 e. The van der Waals surface area contributed by atoms with Crippen LogP contribution in [0, 0.1) is 11.8 Å². The van der Waals surface area contributed by atoms with E-state index >= 15 is 0 Å². The molecule has 0 N–H and O–H groups in total. The predicted octanol–water partition coefficient (Wildman–Crippen LogP) is -0.386. The molecule has 150 valence electrons. The minimum Gasteiger partial charge on any atom is -0.450 e. The second-order valence-corrected chi connectivity index (χ2v) is 7.29. The van der Waals surface area contributed by atoms with Crippen LogP contribution in [0.5, 0.6) is 0 Å². The quantitative estimate of drug-likeness (QED) is 0.665. The van der Waals surface area contributed by atoms with Crippen molar-refractivity contribution in [3.05, 3.63) is 0 Å². The molecule has 0 aromatic heterocycles. The van der Waals surface area contributed by atoms with Gasteiger partial charge in [0.1, 0.15) is 0 Å². The highest BCUT2D eigenvalue weighted by Crippen LogP contribution is 2.41. The summed E-state index contributed by atoms with van der Waals surface area (Å²) in [6.45, 7) is 7.71. The van der Waals surface area contributed by atoms with E-state index in [1.807, 2.05) is 0 Å². The molecule has 3 fully saturated rings. The molecule has 1 aliphatic carbocycles. The van der Waals surface area contributed by atoms with Crippen LogP contribution in [0.4, 0.5) is 4.79 Å².